The van der Waals surface area contributed by atoms with Gasteiger partial charge in [0.25, 0.3) is 5.91 Å². The lowest BCUT2D eigenvalue weighted by Crippen LogP contribution is -2.25. The van der Waals surface area contributed by atoms with Crippen LogP contribution in [0.1, 0.15) is 66.0 Å². The van der Waals surface area contributed by atoms with Crippen molar-refractivity contribution >= 4 is 23.1 Å². The topological polar surface area (TPSA) is 55.1 Å². The molecule has 1 aromatic heterocycles. The maximum absolute atomic E-state index is 13.9. The SMILES string of the molecule is CCCC(C)=C(CCNC(=O)c1cc(Cc2cc(F)ccc2F)on1)c1cc(Cl)ccc1C. The molecule has 0 bridgehead atoms. The van der Waals surface area contributed by atoms with Gasteiger partial charge in [0.1, 0.15) is 17.4 Å². The van der Waals surface area contributed by atoms with Crippen molar-refractivity contribution in [1.82, 2.24) is 10.5 Å². The van der Waals surface area contributed by atoms with Gasteiger partial charge < -0.3 is 9.84 Å². The summed E-state index contributed by atoms with van der Waals surface area (Å²) < 4.78 is 32.4. The van der Waals surface area contributed by atoms with Crippen molar-refractivity contribution in [3.8, 4) is 0 Å². The van der Waals surface area contributed by atoms with E-state index in [0.29, 0.717) is 18.0 Å². The molecule has 1 heterocycles. The van der Waals surface area contributed by atoms with Crippen LogP contribution in [0.25, 0.3) is 5.57 Å². The molecule has 7 heteroatoms. The molecule has 0 saturated carbocycles. The summed E-state index contributed by atoms with van der Waals surface area (Å²) in [5, 5.41) is 7.32. The fourth-order valence-electron chi connectivity index (χ4n) is 3.78. The molecular formula is C26H27ClF2N2O2. The van der Waals surface area contributed by atoms with Gasteiger partial charge in [0.2, 0.25) is 0 Å². The third kappa shape index (κ3) is 6.51. The van der Waals surface area contributed by atoms with Gasteiger partial charge in [-0.25, -0.2) is 8.78 Å². The highest BCUT2D eigenvalue weighted by atomic mass is 35.5. The van der Waals surface area contributed by atoms with E-state index in [1.807, 2.05) is 25.1 Å². The van der Waals surface area contributed by atoms with Crippen LogP contribution < -0.4 is 5.32 Å². The molecular weight excluding hydrogens is 446 g/mol. The van der Waals surface area contributed by atoms with Crippen LogP contribution in [0.5, 0.6) is 0 Å². The smallest absolute Gasteiger partial charge is 0.273 e. The van der Waals surface area contributed by atoms with E-state index < -0.39 is 11.6 Å². The molecule has 0 fully saturated rings. The number of allylic oxidation sites excluding steroid dienone is 1. The first kappa shape index (κ1) is 24.6. The molecule has 4 nitrogen and oxygen atoms in total. The number of carbonyl (C=O) groups excluding carboxylic acids is 1. The van der Waals surface area contributed by atoms with Crippen molar-refractivity contribution in [2.24, 2.45) is 0 Å². The summed E-state index contributed by atoms with van der Waals surface area (Å²) in [4.78, 5) is 12.6. The molecule has 0 spiro atoms. The lowest BCUT2D eigenvalue weighted by atomic mass is 9.92. The summed E-state index contributed by atoms with van der Waals surface area (Å²) in [6, 6.07) is 10.5. The number of nitrogens with one attached hydrogen (secondary N) is 1. The van der Waals surface area contributed by atoms with Crippen LogP contribution >= 0.6 is 11.6 Å². The highest BCUT2D eigenvalue weighted by Gasteiger charge is 2.16. The number of rotatable bonds is 9. The summed E-state index contributed by atoms with van der Waals surface area (Å²) in [5.74, 6) is -1.20. The van der Waals surface area contributed by atoms with Crippen LogP contribution in [0, 0.1) is 18.6 Å². The van der Waals surface area contributed by atoms with E-state index in [9.17, 15) is 13.6 Å². The minimum atomic E-state index is -0.545. The Kier molecular flexibility index (Phi) is 8.39. The number of hydrogen-bond acceptors (Lipinski definition) is 3. The lowest BCUT2D eigenvalue weighted by Gasteiger charge is -2.16. The molecule has 0 aliphatic rings. The molecule has 0 saturated heterocycles. The molecule has 33 heavy (non-hydrogen) atoms. The van der Waals surface area contributed by atoms with E-state index >= 15 is 0 Å². The Morgan fingerprint density at radius 1 is 1.12 bits per heavy atom. The first-order chi connectivity index (χ1) is 15.8. The molecule has 1 amide bonds. The summed E-state index contributed by atoms with van der Waals surface area (Å²) in [6.45, 7) is 6.69. The third-order valence-corrected chi connectivity index (χ3v) is 5.72. The molecule has 0 aliphatic heterocycles. The summed E-state index contributed by atoms with van der Waals surface area (Å²) in [5.41, 5.74) is 4.87. The highest BCUT2D eigenvalue weighted by molar-refractivity contribution is 6.30. The molecule has 1 N–H and O–H groups in total. The van der Waals surface area contributed by atoms with Crippen LogP contribution in [-0.2, 0) is 6.42 Å². The van der Waals surface area contributed by atoms with Gasteiger partial charge in [0.15, 0.2) is 5.69 Å². The van der Waals surface area contributed by atoms with Crippen molar-refractivity contribution in [2.75, 3.05) is 6.54 Å². The molecule has 0 unspecified atom stereocenters. The van der Waals surface area contributed by atoms with Gasteiger partial charge in [-0.15, -0.1) is 0 Å². The number of aryl methyl sites for hydroxylation is 1. The van der Waals surface area contributed by atoms with Gasteiger partial charge in [-0.1, -0.05) is 41.7 Å². The molecule has 2 aromatic carbocycles. The molecule has 0 atom stereocenters. The monoisotopic (exact) mass is 472 g/mol. The summed E-state index contributed by atoms with van der Waals surface area (Å²) in [7, 11) is 0. The predicted octanol–water partition coefficient (Wildman–Crippen LogP) is 6.90. The number of halogens is 3. The van der Waals surface area contributed by atoms with Gasteiger partial charge in [-0.05, 0) is 79.3 Å². The van der Waals surface area contributed by atoms with Gasteiger partial charge in [-0.3, -0.25) is 4.79 Å². The Labute approximate surface area is 197 Å². The van der Waals surface area contributed by atoms with Crippen LogP contribution in [0.2, 0.25) is 5.02 Å². The Bertz CT molecular complexity index is 1170. The van der Waals surface area contributed by atoms with E-state index in [-0.39, 0.29) is 29.3 Å². The van der Waals surface area contributed by atoms with Crippen LogP contribution in [0.4, 0.5) is 8.78 Å². The van der Waals surface area contributed by atoms with Gasteiger partial charge in [0, 0.05) is 24.1 Å². The van der Waals surface area contributed by atoms with Crippen LogP contribution in [0.3, 0.4) is 0 Å². The van der Waals surface area contributed by atoms with E-state index in [4.69, 9.17) is 16.1 Å². The number of aromatic nitrogens is 1. The second-order valence-corrected chi connectivity index (χ2v) is 8.50. The summed E-state index contributed by atoms with van der Waals surface area (Å²) >= 11 is 6.23. The molecule has 0 radical (unpaired) electrons. The second kappa shape index (κ2) is 11.2. The van der Waals surface area contributed by atoms with E-state index in [0.717, 1.165) is 42.2 Å². The number of nitrogens with zero attached hydrogens (tertiary/aromatic N) is 1. The zero-order valence-corrected chi connectivity index (χ0v) is 19.7. The largest absolute Gasteiger partial charge is 0.360 e. The maximum Gasteiger partial charge on any atom is 0.273 e. The normalized spacial score (nSPS) is 11.9. The number of amides is 1. The average Bonchev–Trinajstić information content (AvgIpc) is 3.24. The quantitative estimate of drug-likeness (QED) is 0.368. The lowest BCUT2D eigenvalue weighted by molar-refractivity contribution is 0.0945. The second-order valence-electron chi connectivity index (χ2n) is 8.07. The van der Waals surface area contributed by atoms with Gasteiger partial charge in [-0.2, -0.15) is 0 Å². The van der Waals surface area contributed by atoms with Crippen molar-refractivity contribution in [3.05, 3.63) is 92.8 Å². The number of carbonyl (C=O) groups is 1. The average molecular weight is 473 g/mol. The van der Waals surface area contributed by atoms with Crippen molar-refractivity contribution < 1.29 is 18.1 Å². The van der Waals surface area contributed by atoms with E-state index in [1.165, 1.54) is 17.2 Å². The van der Waals surface area contributed by atoms with E-state index in [1.54, 1.807) is 0 Å². The third-order valence-electron chi connectivity index (χ3n) is 5.49. The molecule has 174 valence electrons. The zero-order chi connectivity index (χ0) is 24.0. The van der Waals surface area contributed by atoms with Crippen LogP contribution in [-0.4, -0.2) is 17.6 Å². The maximum atomic E-state index is 13.9. The van der Waals surface area contributed by atoms with Crippen molar-refractivity contribution in [1.29, 1.82) is 0 Å². The van der Waals surface area contributed by atoms with E-state index in [2.05, 4.69) is 24.3 Å². The highest BCUT2D eigenvalue weighted by Crippen LogP contribution is 2.29. The molecule has 3 rings (SSSR count). The Balaban J connectivity index is 1.66. The fraction of sp³-hybridized carbons (Fsp3) is 0.308. The standard InChI is InChI=1S/C26H27ClF2N2O2/c1-4-5-16(2)22(23-14-19(27)7-6-17(23)3)10-11-30-26(32)25-15-21(33-31-25)13-18-12-20(28)8-9-24(18)29/h6-9,12,14-15H,4-5,10-11,13H2,1-3H3,(H,30,32). The summed E-state index contributed by atoms with van der Waals surface area (Å²) in [6.07, 6.45) is 2.62. The minimum absolute atomic E-state index is 0.00101. The number of benzene rings is 2. The zero-order valence-electron chi connectivity index (χ0n) is 19.0. The Morgan fingerprint density at radius 3 is 2.67 bits per heavy atom. The Hall–Kier alpha value is -2.99. The molecule has 0 aliphatic carbocycles. The predicted molar refractivity (Wildman–Crippen MR) is 126 cm³/mol. The fourth-order valence-corrected chi connectivity index (χ4v) is 3.96. The van der Waals surface area contributed by atoms with Crippen LogP contribution in [0.15, 0.2) is 52.6 Å². The first-order valence-corrected chi connectivity index (χ1v) is 11.3. The van der Waals surface area contributed by atoms with Gasteiger partial charge in [0.05, 0.1) is 0 Å². The van der Waals surface area contributed by atoms with Crippen molar-refractivity contribution in [3.63, 3.8) is 0 Å². The van der Waals surface area contributed by atoms with Gasteiger partial charge >= 0.3 is 0 Å². The molecule has 3 aromatic rings. The first-order valence-electron chi connectivity index (χ1n) is 10.9. The number of hydrogen-bond donors (Lipinski definition) is 1. The minimum Gasteiger partial charge on any atom is -0.360 e. The van der Waals surface area contributed by atoms with Crippen molar-refractivity contribution in [2.45, 2.75) is 46.5 Å². The Morgan fingerprint density at radius 2 is 1.91 bits per heavy atom.